The summed E-state index contributed by atoms with van der Waals surface area (Å²) in [6, 6.07) is 31.7. The molecule has 4 aromatic carbocycles. The number of rotatable bonds is 10. The lowest BCUT2D eigenvalue weighted by Gasteiger charge is -2.38. The third-order valence-corrected chi connectivity index (χ3v) is 5.93. The fourth-order valence-electron chi connectivity index (χ4n) is 3.90. The van der Waals surface area contributed by atoms with Gasteiger partial charge in [-0.1, -0.05) is 86.6 Å². The third-order valence-electron chi connectivity index (χ3n) is 5.93. The van der Waals surface area contributed by atoms with E-state index in [9.17, 15) is 19.2 Å². The summed E-state index contributed by atoms with van der Waals surface area (Å²) in [7, 11) is 0. The summed E-state index contributed by atoms with van der Waals surface area (Å²) in [4.78, 5) is 53.5. The van der Waals surface area contributed by atoms with Gasteiger partial charge in [0.05, 0.1) is 22.3 Å². The Morgan fingerprint density at radius 1 is 0.463 bits per heavy atom. The summed E-state index contributed by atoms with van der Waals surface area (Å²) in [5.41, 5.74) is 0.436. The van der Waals surface area contributed by atoms with E-state index in [0.29, 0.717) is 0 Å². The van der Waals surface area contributed by atoms with Gasteiger partial charge < -0.3 is 18.9 Å². The minimum Gasteiger partial charge on any atom is -0.446 e. The molecular weight excluding hydrogens is 524 g/mol. The molecule has 0 aliphatic rings. The van der Waals surface area contributed by atoms with Crippen LogP contribution >= 0.6 is 0 Å². The molecule has 0 radical (unpaired) electrons. The molecule has 0 aliphatic heterocycles. The van der Waals surface area contributed by atoms with Gasteiger partial charge >= 0.3 is 29.9 Å². The molecule has 4 rings (SSSR count). The van der Waals surface area contributed by atoms with Crippen LogP contribution in [0.5, 0.6) is 0 Å². The van der Waals surface area contributed by atoms with E-state index in [1.807, 2.05) is 0 Å². The molecule has 8 nitrogen and oxygen atoms in total. The molecule has 0 aromatic heterocycles. The molecule has 0 amide bonds. The number of hydrogen-bond donors (Lipinski definition) is 0. The van der Waals surface area contributed by atoms with E-state index in [1.54, 1.807) is 86.6 Å². The Bertz CT molecular complexity index is 1340. The van der Waals surface area contributed by atoms with Crippen LogP contribution in [0.2, 0.25) is 0 Å². The van der Waals surface area contributed by atoms with Crippen molar-refractivity contribution in [1.29, 1.82) is 0 Å². The minimum atomic E-state index is -2.81. The smallest absolute Gasteiger partial charge is 0.446 e. The molecule has 4 aromatic rings. The predicted octanol–water partition coefficient (Wildman–Crippen LogP) is 6.09. The summed E-state index contributed by atoms with van der Waals surface area (Å²) in [5, 5.41) is 0. The van der Waals surface area contributed by atoms with Crippen molar-refractivity contribution in [1.82, 2.24) is 0 Å². The molecule has 208 valence electrons. The quantitative estimate of drug-likeness (QED) is 0.172. The van der Waals surface area contributed by atoms with Crippen LogP contribution in [0.25, 0.3) is 0 Å². The van der Waals surface area contributed by atoms with Gasteiger partial charge in [0.25, 0.3) is 0 Å². The maximum absolute atomic E-state index is 13.4. The monoisotopic (exact) mass is 552 g/mol. The lowest BCUT2D eigenvalue weighted by atomic mass is 10.0. The van der Waals surface area contributed by atoms with Crippen molar-refractivity contribution < 1.29 is 38.1 Å². The van der Waals surface area contributed by atoms with Crippen molar-refractivity contribution in [3.63, 3.8) is 0 Å². The van der Waals surface area contributed by atoms with Crippen molar-refractivity contribution in [2.75, 3.05) is 0 Å². The Morgan fingerprint density at radius 2 is 0.732 bits per heavy atom. The lowest BCUT2D eigenvalue weighted by Crippen LogP contribution is -2.57. The van der Waals surface area contributed by atoms with Crippen LogP contribution < -0.4 is 0 Å². The Balaban J connectivity index is 1.83. The van der Waals surface area contributed by atoms with E-state index < -0.39 is 41.9 Å². The molecule has 0 spiro atoms. The van der Waals surface area contributed by atoms with Gasteiger partial charge in [0, 0.05) is 5.92 Å². The molecule has 0 saturated heterocycles. The first-order valence-electron chi connectivity index (χ1n) is 12.9. The van der Waals surface area contributed by atoms with Crippen molar-refractivity contribution in [3.05, 3.63) is 144 Å². The van der Waals surface area contributed by atoms with E-state index in [-0.39, 0.29) is 22.3 Å². The van der Waals surface area contributed by atoms with Gasteiger partial charge in [-0.2, -0.15) is 0 Å². The van der Waals surface area contributed by atoms with Crippen molar-refractivity contribution in [2.24, 2.45) is 5.92 Å². The first-order chi connectivity index (χ1) is 19.8. The largest absolute Gasteiger partial charge is 0.464 e. The molecular formula is C33H28O8. The predicted molar refractivity (Wildman–Crippen MR) is 149 cm³/mol. The second-order valence-corrected chi connectivity index (χ2v) is 9.31. The molecule has 0 N–H and O–H groups in total. The fourth-order valence-corrected chi connectivity index (χ4v) is 3.90. The van der Waals surface area contributed by atoms with Gasteiger partial charge in [0.1, 0.15) is 0 Å². The van der Waals surface area contributed by atoms with Crippen LogP contribution in [-0.4, -0.2) is 36.0 Å². The number of ether oxygens (including phenoxy) is 4. The molecule has 41 heavy (non-hydrogen) atoms. The maximum atomic E-state index is 13.4. The highest BCUT2D eigenvalue weighted by atomic mass is 16.9. The van der Waals surface area contributed by atoms with Crippen LogP contribution in [0.3, 0.4) is 0 Å². The molecule has 1 unspecified atom stereocenters. The van der Waals surface area contributed by atoms with Gasteiger partial charge in [0.15, 0.2) is 0 Å². The first kappa shape index (κ1) is 28.8. The van der Waals surface area contributed by atoms with Crippen LogP contribution in [0, 0.1) is 5.92 Å². The Hall–Kier alpha value is -5.24. The fraction of sp³-hybridized carbons (Fsp3) is 0.152. The van der Waals surface area contributed by atoms with E-state index in [2.05, 4.69) is 0 Å². The van der Waals surface area contributed by atoms with Crippen LogP contribution in [-0.2, 0) is 18.9 Å². The zero-order valence-corrected chi connectivity index (χ0v) is 22.5. The molecule has 8 heteroatoms. The van der Waals surface area contributed by atoms with E-state index in [4.69, 9.17) is 18.9 Å². The Morgan fingerprint density at radius 3 is 1.00 bits per heavy atom. The number of carbonyl (C=O) groups excluding carboxylic acids is 4. The summed E-state index contributed by atoms with van der Waals surface area (Å²) >= 11 is 0. The lowest BCUT2D eigenvalue weighted by molar-refractivity contribution is -0.346. The van der Waals surface area contributed by atoms with E-state index >= 15 is 0 Å². The van der Waals surface area contributed by atoms with Gasteiger partial charge in [-0.3, -0.25) is 0 Å². The van der Waals surface area contributed by atoms with E-state index in [0.717, 1.165) is 0 Å². The molecule has 0 heterocycles. The summed E-state index contributed by atoms with van der Waals surface area (Å²) < 4.78 is 23.1. The van der Waals surface area contributed by atoms with Gasteiger partial charge in [-0.05, 0) is 48.5 Å². The third kappa shape index (κ3) is 7.24. The number of hydrogen-bond acceptors (Lipinski definition) is 8. The SMILES string of the molecule is CC(C)C(OC(=O)c1ccccc1)C(OC(=O)c1ccccc1)(OC(=O)c1ccccc1)OC(=O)c1ccccc1. The molecule has 0 saturated carbocycles. The van der Waals surface area contributed by atoms with Gasteiger partial charge in [-0.15, -0.1) is 0 Å². The van der Waals surface area contributed by atoms with Crippen molar-refractivity contribution >= 4 is 23.9 Å². The molecule has 1 atom stereocenters. The van der Waals surface area contributed by atoms with E-state index in [1.165, 1.54) is 48.5 Å². The number of carbonyl (C=O) groups is 4. The zero-order valence-electron chi connectivity index (χ0n) is 22.5. The van der Waals surface area contributed by atoms with Gasteiger partial charge in [-0.25, -0.2) is 19.2 Å². The summed E-state index contributed by atoms with van der Waals surface area (Å²) in [5.74, 6) is -7.24. The second kappa shape index (κ2) is 13.2. The normalized spacial score (nSPS) is 11.7. The van der Waals surface area contributed by atoms with Crippen LogP contribution in [0.4, 0.5) is 0 Å². The highest BCUT2D eigenvalue weighted by Crippen LogP contribution is 2.33. The van der Waals surface area contributed by atoms with Gasteiger partial charge in [0.2, 0.25) is 6.10 Å². The highest BCUT2D eigenvalue weighted by molar-refractivity contribution is 5.93. The zero-order chi connectivity index (χ0) is 29.2. The molecule has 0 aliphatic carbocycles. The molecule has 0 fully saturated rings. The van der Waals surface area contributed by atoms with Crippen LogP contribution in [0.1, 0.15) is 55.3 Å². The second-order valence-electron chi connectivity index (χ2n) is 9.31. The number of esters is 4. The summed E-state index contributed by atoms with van der Waals surface area (Å²) in [6.07, 6.45) is -1.58. The summed E-state index contributed by atoms with van der Waals surface area (Å²) in [6.45, 7) is 3.28. The number of benzene rings is 4. The average Bonchev–Trinajstić information content (AvgIpc) is 3.01. The minimum absolute atomic E-state index is 0.0836. The van der Waals surface area contributed by atoms with Crippen molar-refractivity contribution in [3.8, 4) is 0 Å². The van der Waals surface area contributed by atoms with Crippen LogP contribution in [0.15, 0.2) is 121 Å². The maximum Gasteiger partial charge on any atom is 0.464 e. The topological polar surface area (TPSA) is 105 Å². The standard InChI is InChI=1S/C33H28O8/c1-23(2)28(38-29(34)24-15-7-3-8-16-24)33(39-30(35)25-17-9-4-10-18-25,40-31(36)26-19-11-5-12-20-26)41-32(37)27-21-13-6-14-22-27/h3-23,28H,1-2H3. The highest BCUT2D eigenvalue weighted by Gasteiger charge is 2.56. The Labute approximate surface area is 237 Å². The first-order valence-corrected chi connectivity index (χ1v) is 12.9. The van der Waals surface area contributed by atoms with Crippen molar-refractivity contribution in [2.45, 2.75) is 25.9 Å². The Kier molecular flexibility index (Phi) is 9.27. The average molecular weight is 553 g/mol. The molecule has 0 bridgehead atoms.